The van der Waals surface area contributed by atoms with Crippen LogP contribution in [0.25, 0.3) is 10.9 Å². The molecule has 0 unspecified atom stereocenters. The fraction of sp³-hybridized carbons (Fsp3) is 0.278. The van der Waals surface area contributed by atoms with Gasteiger partial charge in [0, 0.05) is 31.9 Å². The topological polar surface area (TPSA) is 87.3 Å². The van der Waals surface area contributed by atoms with E-state index in [0.717, 1.165) is 31.9 Å². The molecule has 0 spiro atoms. The molecule has 2 heterocycles. The van der Waals surface area contributed by atoms with Gasteiger partial charge in [-0.1, -0.05) is 6.07 Å². The molecule has 7 nitrogen and oxygen atoms in total. The molecule has 2 aromatic carbocycles. The lowest BCUT2D eigenvalue weighted by atomic mass is 10.2. The Labute approximate surface area is 151 Å². The molecule has 2 N–H and O–H groups in total. The maximum Gasteiger partial charge on any atom is 0.223 e. The normalized spacial score (nSPS) is 15.3. The number of nitrogens with zero attached hydrogens (tertiary/aromatic N) is 2. The smallest absolute Gasteiger partial charge is 0.223 e. The highest BCUT2D eigenvalue weighted by molar-refractivity contribution is 7.91. The van der Waals surface area contributed by atoms with Crippen molar-refractivity contribution in [2.75, 3.05) is 38.2 Å². The minimum absolute atomic E-state index is 0.131. The summed E-state index contributed by atoms with van der Waals surface area (Å²) in [6.07, 6.45) is 0. The molecule has 4 rings (SSSR count). The third-order valence-electron chi connectivity index (χ3n) is 4.62. The van der Waals surface area contributed by atoms with Crippen LogP contribution in [0.3, 0.4) is 0 Å². The van der Waals surface area contributed by atoms with Crippen molar-refractivity contribution in [2.45, 2.75) is 9.92 Å². The highest BCUT2D eigenvalue weighted by Gasteiger charge is 2.26. The summed E-state index contributed by atoms with van der Waals surface area (Å²) in [7, 11) is -2.18. The fourth-order valence-electron chi connectivity index (χ4n) is 3.26. The van der Waals surface area contributed by atoms with Crippen LogP contribution in [-0.4, -0.2) is 51.9 Å². The summed E-state index contributed by atoms with van der Waals surface area (Å²) in [6.45, 7) is 3.39. The van der Waals surface area contributed by atoms with Gasteiger partial charge in [-0.2, -0.15) is 5.10 Å². The number of ether oxygens (including phenoxy) is 1. The summed E-state index contributed by atoms with van der Waals surface area (Å²) in [5.74, 6) is 0.611. The second kappa shape index (κ2) is 6.62. The molecular formula is C18H20N4O3S. The van der Waals surface area contributed by atoms with Crippen molar-refractivity contribution in [3.05, 3.63) is 42.5 Å². The number of aromatic nitrogens is 2. The van der Waals surface area contributed by atoms with Gasteiger partial charge in [0.15, 0.2) is 5.03 Å². The molecule has 1 aliphatic rings. The van der Waals surface area contributed by atoms with Crippen LogP contribution >= 0.6 is 0 Å². The Balaban J connectivity index is 1.85. The van der Waals surface area contributed by atoms with Gasteiger partial charge in [0.1, 0.15) is 5.75 Å². The number of H-pyrrole nitrogens is 1. The number of hydrogen-bond donors (Lipinski definition) is 2. The molecular weight excluding hydrogens is 352 g/mol. The molecule has 0 aliphatic carbocycles. The first-order chi connectivity index (χ1) is 12.6. The Morgan fingerprint density at radius 1 is 1.08 bits per heavy atom. The molecule has 0 radical (unpaired) electrons. The third-order valence-corrected chi connectivity index (χ3v) is 6.35. The quantitative estimate of drug-likeness (QED) is 0.726. The summed E-state index contributed by atoms with van der Waals surface area (Å²) in [4.78, 5) is 2.40. The minimum atomic E-state index is -3.72. The van der Waals surface area contributed by atoms with Crippen LogP contribution in [0.1, 0.15) is 0 Å². The van der Waals surface area contributed by atoms with Gasteiger partial charge in [-0.15, -0.1) is 0 Å². The van der Waals surface area contributed by atoms with Crippen molar-refractivity contribution in [2.24, 2.45) is 0 Å². The minimum Gasteiger partial charge on any atom is -0.497 e. The monoisotopic (exact) mass is 372 g/mol. The Morgan fingerprint density at radius 2 is 1.81 bits per heavy atom. The zero-order valence-corrected chi connectivity index (χ0v) is 15.2. The Morgan fingerprint density at radius 3 is 2.50 bits per heavy atom. The van der Waals surface area contributed by atoms with E-state index in [1.165, 1.54) is 0 Å². The number of benzene rings is 2. The molecule has 0 amide bonds. The number of anilines is 1. The number of hydrogen-bond acceptors (Lipinski definition) is 6. The number of methoxy groups -OCH3 is 1. The van der Waals surface area contributed by atoms with Gasteiger partial charge >= 0.3 is 0 Å². The molecule has 26 heavy (non-hydrogen) atoms. The van der Waals surface area contributed by atoms with Crippen LogP contribution in [0.4, 0.5) is 5.69 Å². The standard InChI is InChI=1S/C18H20N4O3S/c1-25-13-5-7-14(8-6-13)26(23,24)18-17-15(20-21-18)3-2-4-16(17)22-11-9-19-10-12-22/h2-8,19H,9-12H2,1H3,(H,20,21). The lowest BCUT2D eigenvalue weighted by Gasteiger charge is -2.30. The lowest BCUT2D eigenvalue weighted by Crippen LogP contribution is -2.43. The number of rotatable bonds is 4. The van der Waals surface area contributed by atoms with Crippen LogP contribution in [0, 0.1) is 0 Å². The SMILES string of the molecule is COc1ccc(S(=O)(=O)c2[nH]nc3cccc(N4CCNCC4)c23)cc1. The molecule has 3 aromatic rings. The van der Waals surface area contributed by atoms with Crippen LogP contribution in [0.15, 0.2) is 52.4 Å². The average Bonchev–Trinajstić information content (AvgIpc) is 3.14. The summed E-state index contributed by atoms with van der Waals surface area (Å²) in [5.41, 5.74) is 1.54. The highest BCUT2D eigenvalue weighted by Crippen LogP contribution is 2.34. The van der Waals surface area contributed by atoms with E-state index in [2.05, 4.69) is 20.4 Å². The molecule has 0 bridgehead atoms. The summed E-state index contributed by atoms with van der Waals surface area (Å²) in [5, 5.41) is 11.1. The van der Waals surface area contributed by atoms with Crippen molar-refractivity contribution in [1.29, 1.82) is 0 Å². The molecule has 1 aliphatic heterocycles. The van der Waals surface area contributed by atoms with Crippen molar-refractivity contribution >= 4 is 26.4 Å². The number of sulfone groups is 1. The van der Waals surface area contributed by atoms with E-state index < -0.39 is 9.84 Å². The largest absolute Gasteiger partial charge is 0.497 e. The van der Waals surface area contributed by atoms with Crippen molar-refractivity contribution in [1.82, 2.24) is 15.5 Å². The molecule has 1 fully saturated rings. The van der Waals surface area contributed by atoms with Crippen molar-refractivity contribution < 1.29 is 13.2 Å². The zero-order chi connectivity index (χ0) is 18.1. The van der Waals surface area contributed by atoms with Gasteiger partial charge in [-0.3, -0.25) is 5.10 Å². The number of piperazine rings is 1. The third kappa shape index (κ3) is 2.81. The fourth-order valence-corrected chi connectivity index (χ4v) is 4.63. The van der Waals surface area contributed by atoms with Crippen LogP contribution in [0.2, 0.25) is 0 Å². The first kappa shape index (κ1) is 16.9. The first-order valence-corrected chi connectivity index (χ1v) is 9.91. The van der Waals surface area contributed by atoms with Crippen LogP contribution in [0.5, 0.6) is 5.75 Å². The number of fused-ring (bicyclic) bond motifs is 1. The Kier molecular flexibility index (Phi) is 4.29. The second-order valence-corrected chi connectivity index (χ2v) is 8.03. The van der Waals surface area contributed by atoms with E-state index in [0.29, 0.717) is 16.7 Å². The van der Waals surface area contributed by atoms with Crippen LogP contribution < -0.4 is 15.0 Å². The average molecular weight is 372 g/mol. The highest BCUT2D eigenvalue weighted by atomic mass is 32.2. The Hall–Kier alpha value is -2.58. The lowest BCUT2D eigenvalue weighted by molar-refractivity contribution is 0.414. The predicted molar refractivity (Wildman–Crippen MR) is 99.6 cm³/mol. The zero-order valence-electron chi connectivity index (χ0n) is 14.4. The summed E-state index contributed by atoms with van der Waals surface area (Å²) >= 11 is 0. The van der Waals surface area contributed by atoms with E-state index in [-0.39, 0.29) is 9.92 Å². The Bertz CT molecular complexity index is 1020. The van der Waals surface area contributed by atoms with Gasteiger partial charge < -0.3 is 15.0 Å². The molecule has 1 saturated heterocycles. The maximum atomic E-state index is 13.2. The van der Waals surface area contributed by atoms with Crippen molar-refractivity contribution in [3.63, 3.8) is 0 Å². The number of nitrogens with one attached hydrogen (secondary N) is 2. The summed E-state index contributed by atoms with van der Waals surface area (Å²) < 4.78 is 31.5. The van der Waals surface area contributed by atoms with Crippen LogP contribution in [-0.2, 0) is 9.84 Å². The van der Waals surface area contributed by atoms with Gasteiger partial charge in [-0.25, -0.2) is 8.42 Å². The molecule has 0 atom stereocenters. The predicted octanol–water partition coefficient (Wildman–Crippen LogP) is 1.81. The molecule has 136 valence electrons. The van der Waals surface area contributed by atoms with E-state index >= 15 is 0 Å². The second-order valence-electron chi connectivity index (χ2n) is 6.14. The molecule has 0 saturated carbocycles. The van der Waals surface area contributed by atoms with Gasteiger partial charge in [0.25, 0.3) is 0 Å². The molecule has 8 heteroatoms. The van der Waals surface area contributed by atoms with Gasteiger partial charge in [-0.05, 0) is 36.4 Å². The van der Waals surface area contributed by atoms with E-state index in [9.17, 15) is 8.42 Å². The maximum absolute atomic E-state index is 13.2. The van der Waals surface area contributed by atoms with E-state index in [4.69, 9.17) is 4.74 Å². The van der Waals surface area contributed by atoms with Gasteiger partial charge in [0.05, 0.1) is 22.9 Å². The molecule has 1 aromatic heterocycles. The summed E-state index contributed by atoms with van der Waals surface area (Å²) in [6, 6.07) is 12.1. The van der Waals surface area contributed by atoms with E-state index in [1.54, 1.807) is 31.4 Å². The van der Waals surface area contributed by atoms with Gasteiger partial charge in [0.2, 0.25) is 9.84 Å². The number of aromatic amines is 1. The first-order valence-electron chi connectivity index (χ1n) is 8.43. The van der Waals surface area contributed by atoms with E-state index in [1.807, 2.05) is 18.2 Å². The van der Waals surface area contributed by atoms with Crippen molar-refractivity contribution in [3.8, 4) is 5.75 Å².